The zero-order valence-corrected chi connectivity index (χ0v) is 14.8. The molecule has 1 N–H and O–H groups in total. The number of carbonyl (C=O) groups is 2. The predicted molar refractivity (Wildman–Crippen MR) is 89.6 cm³/mol. The summed E-state index contributed by atoms with van der Waals surface area (Å²) in [7, 11) is -2.03. The van der Waals surface area contributed by atoms with Crippen molar-refractivity contribution in [3.05, 3.63) is 29.3 Å². The molecule has 2 rings (SSSR count). The van der Waals surface area contributed by atoms with E-state index in [-0.39, 0.29) is 29.5 Å². The highest BCUT2D eigenvalue weighted by atomic mass is 32.2. The van der Waals surface area contributed by atoms with Gasteiger partial charge in [-0.05, 0) is 42.5 Å². The van der Waals surface area contributed by atoms with Crippen LogP contribution in [0.2, 0.25) is 0 Å². The number of fused-ring (bicyclic) bond motifs is 1. The zero-order chi connectivity index (χ0) is 17.9. The number of aliphatic carboxylic acids is 1. The minimum Gasteiger partial charge on any atom is -0.481 e. The van der Waals surface area contributed by atoms with Crippen LogP contribution in [0.5, 0.6) is 0 Å². The molecule has 0 spiro atoms. The van der Waals surface area contributed by atoms with Crippen molar-refractivity contribution in [1.29, 1.82) is 0 Å². The van der Waals surface area contributed by atoms with E-state index in [0.29, 0.717) is 0 Å². The van der Waals surface area contributed by atoms with Crippen LogP contribution < -0.4 is 0 Å². The van der Waals surface area contributed by atoms with E-state index in [1.165, 1.54) is 24.4 Å². The highest BCUT2D eigenvalue weighted by Gasteiger charge is 2.22. The van der Waals surface area contributed by atoms with Crippen molar-refractivity contribution in [2.24, 2.45) is 5.92 Å². The molecule has 0 fully saturated rings. The Hall–Kier alpha value is -1.89. The summed E-state index contributed by atoms with van der Waals surface area (Å²) in [5.41, 5.74) is 2.28. The lowest BCUT2D eigenvalue weighted by Crippen LogP contribution is -2.34. The number of hydrogen-bond acceptors (Lipinski definition) is 4. The largest absolute Gasteiger partial charge is 0.481 e. The van der Waals surface area contributed by atoms with Crippen molar-refractivity contribution in [3.63, 3.8) is 0 Å². The molecule has 132 valence electrons. The minimum absolute atomic E-state index is 0.0626. The van der Waals surface area contributed by atoms with Gasteiger partial charge in [-0.2, -0.15) is 0 Å². The summed E-state index contributed by atoms with van der Waals surface area (Å²) in [4.78, 5) is 24.4. The molecule has 6 nitrogen and oxygen atoms in total. The van der Waals surface area contributed by atoms with Gasteiger partial charge in [-0.25, -0.2) is 8.42 Å². The van der Waals surface area contributed by atoms with Crippen molar-refractivity contribution >= 4 is 21.7 Å². The molecule has 0 bridgehead atoms. The molecule has 1 aliphatic rings. The fourth-order valence-corrected chi connectivity index (χ4v) is 4.14. The van der Waals surface area contributed by atoms with Gasteiger partial charge in [-0.15, -0.1) is 0 Å². The van der Waals surface area contributed by atoms with E-state index in [9.17, 15) is 18.0 Å². The third kappa shape index (κ3) is 4.35. The van der Waals surface area contributed by atoms with Crippen molar-refractivity contribution in [1.82, 2.24) is 4.90 Å². The van der Waals surface area contributed by atoms with Crippen molar-refractivity contribution in [2.45, 2.75) is 37.5 Å². The van der Waals surface area contributed by atoms with Gasteiger partial charge in [0.1, 0.15) is 0 Å². The Morgan fingerprint density at radius 3 is 2.58 bits per heavy atom. The quantitative estimate of drug-likeness (QED) is 0.802. The molecule has 1 aromatic rings. The number of amides is 1. The van der Waals surface area contributed by atoms with Crippen LogP contribution in [-0.4, -0.2) is 49.6 Å². The first-order chi connectivity index (χ1) is 11.2. The Balaban J connectivity index is 1.97. The average Bonchev–Trinajstić information content (AvgIpc) is 2.99. The van der Waals surface area contributed by atoms with Crippen molar-refractivity contribution in [3.8, 4) is 0 Å². The summed E-state index contributed by atoms with van der Waals surface area (Å²) in [5.74, 6) is -2.31. The number of carboxylic acid groups (broad SMARTS) is 1. The third-order valence-corrected chi connectivity index (χ3v) is 6.12. The maximum atomic E-state index is 12.4. The maximum absolute atomic E-state index is 12.4. The monoisotopic (exact) mass is 353 g/mol. The van der Waals surface area contributed by atoms with E-state index >= 15 is 0 Å². The second kappa shape index (κ2) is 7.34. The van der Waals surface area contributed by atoms with Gasteiger partial charge in [0.2, 0.25) is 5.91 Å². The molecule has 0 aliphatic heterocycles. The number of rotatable bonds is 7. The van der Waals surface area contributed by atoms with E-state index in [1.807, 2.05) is 6.07 Å². The molecule has 1 atom stereocenters. The van der Waals surface area contributed by atoms with Crippen LogP contribution >= 0.6 is 0 Å². The lowest BCUT2D eigenvalue weighted by atomic mass is 10.1. The summed E-state index contributed by atoms with van der Waals surface area (Å²) in [6, 6.07) is 5.19. The zero-order valence-electron chi connectivity index (χ0n) is 14.0. The fraction of sp³-hybridized carbons (Fsp3) is 0.529. The number of carboxylic acids is 1. The topological polar surface area (TPSA) is 91.8 Å². The average molecular weight is 353 g/mol. The highest BCUT2D eigenvalue weighted by molar-refractivity contribution is 7.91. The third-order valence-electron chi connectivity index (χ3n) is 4.41. The summed E-state index contributed by atoms with van der Waals surface area (Å²) in [6.45, 7) is 1.57. The van der Waals surface area contributed by atoms with Gasteiger partial charge in [0, 0.05) is 20.0 Å². The first kappa shape index (κ1) is 18.4. The number of hydrogen-bond donors (Lipinski definition) is 1. The van der Waals surface area contributed by atoms with Gasteiger partial charge in [-0.3, -0.25) is 9.59 Å². The summed E-state index contributed by atoms with van der Waals surface area (Å²) < 4.78 is 24.8. The second-order valence-electron chi connectivity index (χ2n) is 6.37. The summed E-state index contributed by atoms with van der Waals surface area (Å²) in [6.07, 6.45) is 2.78. The van der Waals surface area contributed by atoms with Crippen LogP contribution in [0.4, 0.5) is 0 Å². The first-order valence-corrected chi connectivity index (χ1v) is 9.67. The lowest BCUT2D eigenvalue weighted by Gasteiger charge is -2.19. The van der Waals surface area contributed by atoms with Gasteiger partial charge in [-0.1, -0.05) is 13.0 Å². The van der Waals surface area contributed by atoms with Crippen LogP contribution in [0.1, 0.15) is 30.9 Å². The van der Waals surface area contributed by atoms with E-state index in [1.54, 1.807) is 12.1 Å². The van der Waals surface area contributed by atoms with Crippen molar-refractivity contribution < 1.29 is 23.1 Å². The molecule has 0 heterocycles. The molecule has 7 heteroatoms. The molecule has 1 aliphatic carbocycles. The molecule has 0 aromatic heterocycles. The highest BCUT2D eigenvalue weighted by Crippen LogP contribution is 2.25. The first-order valence-electron chi connectivity index (χ1n) is 8.02. The van der Waals surface area contributed by atoms with E-state index in [2.05, 4.69) is 0 Å². The summed E-state index contributed by atoms with van der Waals surface area (Å²) >= 11 is 0. The molecule has 0 radical (unpaired) electrons. The fourth-order valence-electron chi connectivity index (χ4n) is 2.86. The second-order valence-corrected chi connectivity index (χ2v) is 8.48. The lowest BCUT2D eigenvalue weighted by molar-refractivity contribution is -0.142. The number of nitrogens with zero attached hydrogens (tertiary/aromatic N) is 1. The van der Waals surface area contributed by atoms with Crippen LogP contribution in [-0.2, 0) is 32.3 Å². The van der Waals surface area contributed by atoms with Gasteiger partial charge < -0.3 is 10.0 Å². The molecular formula is C17H23NO5S. The molecule has 24 heavy (non-hydrogen) atoms. The Morgan fingerprint density at radius 2 is 1.92 bits per heavy atom. The van der Waals surface area contributed by atoms with E-state index < -0.39 is 21.7 Å². The Kier molecular flexibility index (Phi) is 5.64. The minimum atomic E-state index is -3.52. The maximum Gasteiger partial charge on any atom is 0.308 e. The molecule has 0 saturated heterocycles. The smallest absolute Gasteiger partial charge is 0.308 e. The van der Waals surface area contributed by atoms with E-state index in [4.69, 9.17) is 5.11 Å². The number of benzene rings is 1. The summed E-state index contributed by atoms with van der Waals surface area (Å²) in [5, 5.41) is 8.86. The standard InChI is InChI=1S/C17H23NO5S/c1-12(17(20)21)11-18(2)16(19)8-9-24(22,23)15-7-6-13-4-3-5-14(13)10-15/h6-7,10,12H,3-5,8-9,11H2,1-2H3,(H,20,21). The predicted octanol–water partition coefficient (Wildman–Crippen LogP) is 1.52. The normalized spacial score (nSPS) is 14.9. The number of carbonyl (C=O) groups excluding carboxylic acids is 1. The van der Waals surface area contributed by atoms with Gasteiger partial charge in [0.25, 0.3) is 0 Å². The Bertz CT molecular complexity index is 741. The van der Waals surface area contributed by atoms with Crippen LogP contribution in [0.3, 0.4) is 0 Å². The van der Waals surface area contributed by atoms with Gasteiger partial charge >= 0.3 is 5.97 Å². The Labute approximate surface area is 142 Å². The number of aryl methyl sites for hydroxylation is 2. The van der Waals surface area contributed by atoms with E-state index in [0.717, 1.165) is 24.8 Å². The molecule has 1 unspecified atom stereocenters. The molecule has 1 aromatic carbocycles. The molecule has 0 saturated carbocycles. The van der Waals surface area contributed by atoms with Gasteiger partial charge in [0.15, 0.2) is 9.84 Å². The van der Waals surface area contributed by atoms with Crippen LogP contribution in [0, 0.1) is 5.92 Å². The van der Waals surface area contributed by atoms with Crippen LogP contribution in [0.15, 0.2) is 23.1 Å². The SMILES string of the molecule is CC(CN(C)C(=O)CCS(=O)(=O)c1ccc2c(c1)CCC2)C(=O)O. The van der Waals surface area contributed by atoms with Gasteiger partial charge in [0.05, 0.1) is 16.6 Å². The van der Waals surface area contributed by atoms with Crippen LogP contribution in [0.25, 0.3) is 0 Å². The Morgan fingerprint density at radius 1 is 1.25 bits per heavy atom. The number of sulfone groups is 1. The molecular weight excluding hydrogens is 330 g/mol. The van der Waals surface area contributed by atoms with Crippen molar-refractivity contribution in [2.75, 3.05) is 19.3 Å². The molecule has 1 amide bonds.